The summed E-state index contributed by atoms with van der Waals surface area (Å²) in [4.78, 5) is 0. The molecule has 0 bridgehead atoms. The highest BCUT2D eigenvalue weighted by Gasteiger charge is 2.27. The summed E-state index contributed by atoms with van der Waals surface area (Å²) in [5.74, 6) is 0. The standard InChI is InChI=1S/C16H25NO2/c1-12(17)16(13-7-4-3-5-8-13)19-15-10-6-9-14(11-15)18-2/h3-5,7-8,12,14-16H,6,9-11,17H2,1-2H3. The lowest BCUT2D eigenvalue weighted by atomic mass is 9.94. The predicted molar refractivity (Wildman–Crippen MR) is 77.0 cm³/mol. The van der Waals surface area contributed by atoms with Gasteiger partial charge in [0.1, 0.15) is 0 Å². The van der Waals surface area contributed by atoms with Crippen LogP contribution in [0, 0.1) is 0 Å². The zero-order chi connectivity index (χ0) is 13.7. The van der Waals surface area contributed by atoms with Gasteiger partial charge in [0.2, 0.25) is 0 Å². The van der Waals surface area contributed by atoms with Gasteiger partial charge in [-0.05, 0) is 38.2 Å². The quantitative estimate of drug-likeness (QED) is 0.888. The van der Waals surface area contributed by atoms with Gasteiger partial charge in [-0.1, -0.05) is 30.3 Å². The third-order valence-corrected chi connectivity index (χ3v) is 3.86. The number of rotatable bonds is 5. The highest BCUT2D eigenvalue weighted by atomic mass is 16.5. The van der Waals surface area contributed by atoms with Crippen molar-refractivity contribution in [2.75, 3.05) is 7.11 Å². The third kappa shape index (κ3) is 4.03. The highest BCUT2D eigenvalue weighted by Crippen LogP contribution is 2.29. The van der Waals surface area contributed by atoms with Gasteiger partial charge in [-0.15, -0.1) is 0 Å². The van der Waals surface area contributed by atoms with Crippen LogP contribution in [0.4, 0.5) is 0 Å². The lowest BCUT2D eigenvalue weighted by Crippen LogP contribution is -2.34. The van der Waals surface area contributed by atoms with E-state index in [9.17, 15) is 0 Å². The lowest BCUT2D eigenvalue weighted by Gasteiger charge is -2.33. The zero-order valence-corrected chi connectivity index (χ0v) is 11.9. The van der Waals surface area contributed by atoms with E-state index < -0.39 is 0 Å². The first-order chi connectivity index (χ1) is 9.20. The Labute approximate surface area is 116 Å². The molecule has 0 amide bonds. The second-order valence-corrected chi connectivity index (χ2v) is 5.47. The van der Waals surface area contributed by atoms with Gasteiger partial charge in [0.05, 0.1) is 18.3 Å². The van der Waals surface area contributed by atoms with Crippen molar-refractivity contribution in [3.05, 3.63) is 35.9 Å². The molecule has 19 heavy (non-hydrogen) atoms. The Balaban J connectivity index is 2.01. The van der Waals surface area contributed by atoms with Gasteiger partial charge in [-0.25, -0.2) is 0 Å². The van der Waals surface area contributed by atoms with E-state index in [2.05, 4.69) is 12.1 Å². The molecule has 0 radical (unpaired) electrons. The minimum absolute atomic E-state index is 0.00896. The monoisotopic (exact) mass is 263 g/mol. The Kier molecular flexibility index (Phi) is 5.37. The molecule has 0 aliphatic heterocycles. The van der Waals surface area contributed by atoms with E-state index in [-0.39, 0.29) is 18.2 Å². The van der Waals surface area contributed by atoms with Gasteiger partial charge in [0.25, 0.3) is 0 Å². The van der Waals surface area contributed by atoms with Crippen molar-refractivity contribution in [3.63, 3.8) is 0 Å². The number of hydrogen-bond donors (Lipinski definition) is 1. The van der Waals surface area contributed by atoms with Crippen molar-refractivity contribution < 1.29 is 9.47 Å². The Morgan fingerprint density at radius 3 is 2.47 bits per heavy atom. The predicted octanol–water partition coefficient (Wildman–Crippen LogP) is 3.05. The van der Waals surface area contributed by atoms with E-state index in [0.29, 0.717) is 6.10 Å². The van der Waals surface area contributed by atoms with Gasteiger partial charge in [0, 0.05) is 13.2 Å². The van der Waals surface area contributed by atoms with Crippen molar-refractivity contribution in [2.24, 2.45) is 5.73 Å². The van der Waals surface area contributed by atoms with Gasteiger partial charge >= 0.3 is 0 Å². The maximum atomic E-state index is 6.27. The topological polar surface area (TPSA) is 44.5 Å². The van der Waals surface area contributed by atoms with Gasteiger partial charge in [0.15, 0.2) is 0 Å². The van der Waals surface area contributed by atoms with Crippen molar-refractivity contribution >= 4 is 0 Å². The molecule has 2 N–H and O–H groups in total. The molecule has 0 saturated heterocycles. The molecule has 0 heterocycles. The number of methoxy groups -OCH3 is 1. The third-order valence-electron chi connectivity index (χ3n) is 3.86. The van der Waals surface area contributed by atoms with E-state index in [1.54, 1.807) is 7.11 Å². The molecule has 4 atom stereocenters. The summed E-state index contributed by atoms with van der Waals surface area (Å²) < 4.78 is 11.7. The van der Waals surface area contributed by atoms with Crippen LogP contribution in [0.2, 0.25) is 0 Å². The van der Waals surface area contributed by atoms with Crippen molar-refractivity contribution in [1.29, 1.82) is 0 Å². The van der Waals surface area contributed by atoms with Crippen LogP contribution >= 0.6 is 0 Å². The molecule has 1 aliphatic rings. The van der Waals surface area contributed by atoms with E-state index in [1.807, 2.05) is 25.1 Å². The Hall–Kier alpha value is -0.900. The Morgan fingerprint density at radius 1 is 1.16 bits per heavy atom. The zero-order valence-electron chi connectivity index (χ0n) is 11.9. The second kappa shape index (κ2) is 7.04. The van der Waals surface area contributed by atoms with Crippen LogP contribution in [0.3, 0.4) is 0 Å². The van der Waals surface area contributed by atoms with Crippen molar-refractivity contribution in [1.82, 2.24) is 0 Å². The average Bonchev–Trinajstić information content (AvgIpc) is 2.45. The van der Waals surface area contributed by atoms with Crippen LogP contribution in [0.15, 0.2) is 30.3 Å². The van der Waals surface area contributed by atoms with Crippen LogP contribution in [0.25, 0.3) is 0 Å². The molecule has 1 aliphatic carbocycles. The molecule has 0 aromatic heterocycles. The van der Waals surface area contributed by atoms with Crippen molar-refractivity contribution in [2.45, 2.75) is 57.0 Å². The first kappa shape index (κ1) is 14.5. The molecule has 106 valence electrons. The van der Waals surface area contributed by atoms with Gasteiger partial charge in [-0.2, -0.15) is 0 Å². The Bertz CT molecular complexity index is 366. The highest BCUT2D eigenvalue weighted by molar-refractivity contribution is 5.19. The fourth-order valence-electron chi connectivity index (χ4n) is 2.80. The normalized spacial score (nSPS) is 26.9. The van der Waals surface area contributed by atoms with Crippen LogP contribution in [0.5, 0.6) is 0 Å². The van der Waals surface area contributed by atoms with E-state index >= 15 is 0 Å². The molecular weight excluding hydrogens is 238 g/mol. The molecule has 3 heteroatoms. The fraction of sp³-hybridized carbons (Fsp3) is 0.625. The number of ether oxygens (including phenoxy) is 2. The Morgan fingerprint density at radius 2 is 1.84 bits per heavy atom. The van der Waals surface area contributed by atoms with Crippen molar-refractivity contribution in [3.8, 4) is 0 Å². The summed E-state index contributed by atoms with van der Waals surface area (Å²) in [6, 6.07) is 10.3. The van der Waals surface area contributed by atoms with Gasteiger partial charge < -0.3 is 15.2 Å². The molecule has 1 aromatic carbocycles. The first-order valence-corrected chi connectivity index (χ1v) is 7.19. The maximum Gasteiger partial charge on any atom is 0.0976 e. The SMILES string of the molecule is COC1CCCC(OC(c2ccccc2)C(C)N)C1. The summed E-state index contributed by atoms with van der Waals surface area (Å²) in [6.45, 7) is 2.01. The number of benzene rings is 1. The average molecular weight is 263 g/mol. The maximum absolute atomic E-state index is 6.27. The van der Waals surface area contributed by atoms with Crippen LogP contribution in [0.1, 0.15) is 44.3 Å². The van der Waals surface area contributed by atoms with Crippen LogP contribution in [-0.4, -0.2) is 25.4 Å². The number of hydrogen-bond acceptors (Lipinski definition) is 3. The largest absolute Gasteiger partial charge is 0.381 e. The van der Waals surface area contributed by atoms with E-state index in [4.69, 9.17) is 15.2 Å². The molecule has 0 spiro atoms. The molecule has 4 unspecified atom stereocenters. The minimum atomic E-state index is -0.0261. The summed E-state index contributed by atoms with van der Waals surface area (Å²) in [7, 11) is 1.79. The lowest BCUT2D eigenvalue weighted by molar-refractivity contribution is -0.0725. The fourth-order valence-corrected chi connectivity index (χ4v) is 2.80. The summed E-state index contributed by atoms with van der Waals surface area (Å²) >= 11 is 0. The minimum Gasteiger partial charge on any atom is -0.381 e. The molecule has 1 fully saturated rings. The summed E-state index contributed by atoms with van der Waals surface area (Å²) in [5.41, 5.74) is 7.26. The summed E-state index contributed by atoms with van der Waals surface area (Å²) in [6.07, 6.45) is 4.97. The van der Waals surface area contributed by atoms with Gasteiger partial charge in [-0.3, -0.25) is 0 Å². The van der Waals surface area contributed by atoms with Crippen LogP contribution in [-0.2, 0) is 9.47 Å². The second-order valence-electron chi connectivity index (χ2n) is 5.47. The number of nitrogens with two attached hydrogens (primary N) is 1. The van der Waals surface area contributed by atoms with E-state index in [0.717, 1.165) is 24.8 Å². The van der Waals surface area contributed by atoms with Crippen LogP contribution < -0.4 is 5.73 Å². The molecule has 1 aromatic rings. The molecule has 1 saturated carbocycles. The first-order valence-electron chi connectivity index (χ1n) is 7.19. The molecule has 3 nitrogen and oxygen atoms in total. The van der Waals surface area contributed by atoms with E-state index in [1.165, 1.54) is 6.42 Å². The summed E-state index contributed by atoms with van der Waals surface area (Å²) in [5, 5.41) is 0. The smallest absolute Gasteiger partial charge is 0.0976 e. The molecular formula is C16H25NO2. The molecule has 2 rings (SSSR count).